The molecule has 1 heterocycles. The number of ether oxygens (including phenoxy) is 2. The number of halogens is 2. The summed E-state index contributed by atoms with van der Waals surface area (Å²) in [4.78, 5) is 14.6. The van der Waals surface area contributed by atoms with Gasteiger partial charge in [0.1, 0.15) is 0 Å². The molecule has 0 spiro atoms. The van der Waals surface area contributed by atoms with Crippen molar-refractivity contribution in [3.05, 3.63) is 23.3 Å². The first-order chi connectivity index (χ1) is 10.5. The van der Waals surface area contributed by atoms with Crippen LogP contribution in [0, 0.1) is 0 Å². The van der Waals surface area contributed by atoms with E-state index in [2.05, 4.69) is 4.99 Å². The van der Waals surface area contributed by atoms with E-state index in [1.807, 2.05) is 0 Å². The fourth-order valence-electron chi connectivity index (χ4n) is 3.00. The van der Waals surface area contributed by atoms with Gasteiger partial charge in [0, 0.05) is 18.9 Å². The normalized spacial score (nSPS) is 19.6. The molecule has 1 aliphatic carbocycles. The zero-order valence-electron chi connectivity index (χ0n) is 12.3. The quantitative estimate of drug-likeness (QED) is 0.632. The zero-order chi connectivity index (χ0) is 15.8. The lowest BCUT2D eigenvalue weighted by molar-refractivity contribution is 0.0139. The molecule has 22 heavy (non-hydrogen) atoms. The van der Waals surface area contributed by atoms with Crippen LogP contribution in [0.5, 0.6) is 11.5 Å². The van der Waals surface area contributed by atoms with Crippen molar-refractivity contribution < 1.29 is 23.0 Å². The molecule has 1 saturated carbocycles. The van der Waals surface area contributed by atoms with Crippen LogP contribution >= 0.6 is 0 Å². The molecular formula is C16H17F2NO3. The molecule has 1 aromatic rings. The molecule has 0 radical (unpaired) electrons. The molecule has 6 heteroatoms. The lowest BCUT2D eigenvalue weighted by Crippen LogP contribution is -2.34. The molecular weight excluding hydrogens is 292 g/mol. The van der Waals surface area contributed by atoms with Crippen LogP contribution in [0.15, 0.2) is 17.1 Å². The minimum Gasteiger partial charge on any atom is -0.490 e. The van der Waals surface area contributed by atoms with Crippen LogP contribution in [0.1, 0.15) is 43.7 Å². The summed E-state index contributed by atoms with van der Waals surface area (Å²) in [5.41, 5.74) is -0.712. The van der Waals surface area contributed by atoms with E-state index in [1.54, 1.807) is 6.07 Å². The molecule has 0 amide bonds. The van der Waals surface area contributed by atoms with Gasteiger partial charge in [-0.3, -0.25) is 0 Å². The van der Waals surface area contributed by atoms with Crippen molar-refractivity contribution >= 4 is 6.08 Å². The first-order valence-corrected chi connectivity index (χ1v) is 7.38. The Morgan fingerprint density at radius 1 is 1.18 bits per heavy atom. The lowest BCUT2D eigenvalue weighted by Gasteiger charge is -2.39. The van der Waals surface area contributed by atoms with E-state index in [0.29, 0.717) is 49.5 Å². The summed E-state index contributed by atoms with van der Waals surface area (Å²) in [6.07, 6.45) is 4.19. The topological polar surface area (TPSA) is 47.9 Å². The van der Waals surface area contributed by atoms with Crippen LogP contribution in [-0.2, 0) is 16.3 Å². The first kappa shape index (κ1) is 15.0. The number of fused-ring (bicyclic) bond motifs is 1. The summed E-state index contributed by atoms with van der Waals surface area (Å²) < 4.78 is 39.2. The van der Waals surface area contributed by atoms with Crippen molar-refractivity contribution in [1.29, 1.82) is 0 Å². The highest BCUT2D eigenvalue weighted by Crippen LogP contribution is 2.51. The SMILES string of the molecule is CC(F)(F)c1cc2c(cc1C1(N=C=O)CCC1)OCCCO2. The summed E-state index contributed by atoms with van der Waals surface area (Å²) in [6.45, 7) is 1.74. The molecule has 4 nitrogen and oxygen atoms in total. The minimum atomic E-state index is -3.05. The molecule has 1 fully saturated rings. The third-order valence-corrected chi connectivity index (χ3v) is 4.30. The Morgan fingerprint density at radius 2 is 1.82 bits per heavy atom. The second-order valence-corrected chi connectivity index (χ2v) is 5.87. The number of hydrogen-bond donors (Lipinski definition) is 0. The standard InChI is InChI=1S/C16H17F2NO3/c1-15(17,18)11-8-13-14(22-7-3-6-21-13)9-12(11)16(19-10-20)4-2-5-16/h8-9H,2-7H2,1H3. The fraction of sp³-hybridized carbons (Fsp3) is 0.562. The summed E-state index contributed by atoms with van der Waals surface area (Å²) >= 11 is 0. The van der Waals surface area contributed by atoms with E-state index >= 15 is 0 Å². The maximum atomic E-state index is 14.1. The zero-order valence-corrected chi connectivity index (χ0v) is 12.3. The second-order valence-electron chi connectivity index (χ2n) is 5.87. The Kier molecular flexibility index (Phi) is 3.65. The molecule has 0 N–H and O–H groups in total. The van der Waals surface area contributed by atoms with E-state index in [-0.39, 0.29) is 5.56 Å². The molecule has 0 aromatic heterocycles. The van der Waals surface area contributed by atoms with Gasteiger partial charge in [-0.25, -0.2) is 13.6 Å². The predicted octanol–water partition coefficient (Wildman–Crippen LogP) is 3.67. The van der Waals surface area contributed by atoms with Gasteiger partial charge in [0.15, 0.2) is 11.5 Å². The molecule has 118 valence electrons. The Morgan fingerprint density at radius 3 is 2.32 bits per heavy atom. The van der Waals surface area contributed by atoms with Gasteiger partial charge in [0.25, 0.3) is 5.92 Å². The van der Waals surface area contributed by atoms with Crippen molar-refractivity contribution in [2.24, 2.45) is 4.99 Å². The van der Waals surface area contributed by atoms with Crippen molar-refractivity contribution in [2.45, 2.75) is 44.1 Å². The number of isocyanates is 1. The maximum absolute atomic E-state index is 14.1. The van der Waals surface area contributed by atoms with Crippen LogP contribution in [0.25, 0.3) is 0 Å². The van der Waals surface area contributed by atoms with Gasteiger partial charge >= 0.3 is 0 Å². The van der Waals surface area contributed by atoms with Gasteiger partial charge in [-0.2, -0.15) is 4.99 Å². The molecule has 1 aliphatic heterocycles. The van der Waals surface area contributed by atoms with E-state index in [0.717, 1.165) is 13.3 Å². The smallest absolute Gasteiger partial charge is 0.271 e. The van der Waals surface area contributed by atoms with Crippen molar-refractivity contribution in [2.75, 3.05) is 13.2 Å². The summed E-state index contributed by atoms with van der Waals surface area (Å²) in [5, 5.41) is 0. The number of alkyl halides is 2. The number of carbonyl (C=O) groups excluding carboxylic acids is 1. The summed E-state index contributed by atoms with van der Waals surface area (Å²) in [6, 6.07) is 2.89. The van der Waals surface area contributed by atoms with E-state index in [4.69, 9.17) is 9.47 Å². The van der Waals surface area contributed by atoms with Gasteiger partial charge in [0.2, 0.25) is 6.08 Å². The van der Waals surface area contributed by atoms with Crippen LogP contribution in [0.4, 0.5) is 8.78 Å². The molecule has 0 unspecified atom stereocenters. The minimum absolute atomic E-state index is 0.157. The molecule has 3 rings (SSSR count). The second kappa shape index (κ2) is 5.36. The number of rotatable bonds is 3. The molecule has 0 saturated heterocycles. The van der Waals surface area contributed by atoms with Crippen LogP contribution in [-0.4, -0.2) is 19.3 Å². The average Bonchev–Trinajstić information content (AvgIpc) is 2.65. The Labute approximate surface area is 127 Å². The monoisotopic (exact) mass is 309 g/mol. The average molecular weight is 309 g/mol. The highest BCUT2D eigenvalue weighted by atomic mass is 19.3. The number of hydrogen-bond acceptors (Lipinski definition) is 4. The Balaban J connectivity index is 2.19. The number of nitrogens with zero attached hydrogens (tertiary/aromatic N) is 1. The first-order valence-electron chi connectivity index (χ1n) is 7.38. The van der Waals surface area contributed by atoms with Gasteiger partial charge in [-0.15, -0.1) is 0 Å². The summed E-state index contributed by atoms with van der Waals surface area (Å²) in [5.74, 6) is -2.30. The highest BCUT2D eigenvalue weighted by Gasteiger charge is 2.45. The van der Waals surface area contributed by atoms with E-state index in [1.165, 1.54) is 12.1 Å². The van der Waals surface area contributed by atoms with Gasteiger partial charge in [-0.1, -0.05) is 0 Å². The van der Waals surface area contributed by atoms with Crippen LogP contribution in [0.2, 0.25) is 0 Å². The van der Waals surface area contributed by atoms with Crippen molar-refractivity contribution in [3.8, 4) is 11.5 Å². The molecule has 1 aromatic carbocycles. The van der Waals surface area contributed by atoms with Crippen molar-refractivity contribution in [3.63, 3.8) is 0 Å². The fourth-order valence-corrected chi connectivity index (χ4v) is 3.00. The molecule has 0 bridgehead atoms. The largest absolute Gasteiger partial charge is 0.490 e. The van der Waals surface area contributed by atoms with Crippen molar-refractivity contribution in [1.82, 2.24) is 0 Å². The van der Waals surface area contributed by atoms with E-state index < -0.39 is 11.5 Å². The molecule has 0 atom stereocenters. The van der Waals surface area contributed by atoms with Crippen LogP contribution in [0.3, 0.4) is 0 Å². The van der Waals surface area contributed by atoms with Crippen LogP contribution < -0.4 is 9.47 Å². The summed E-state index contributed by atoms with van der Waals surface area (Å²) in [7, 11) is 0. The number of benzene rings is 1. The Hall–Kier alpha value is -1.94. The number of aliphatic imine (C=N–C) groups is 1. The maximum Gasteiger partial charge on any atom is 0.271 e. The molecule has 2 aliphatic rings. The van der Waals surface area contributed by atoms with Gasteiger partial charge < -0.3 is 9.47 Å². The van der Waals surface area contributed by atoms with E-state index in [9.17, 15) is 13.6 Å². The highest BCUT2D eigenvalue weighted by molar-refractivity contribution is 5.53. The third-order valence-electron chi connectivity index (χ3n) is 4.30. The lowest BCUT2D eigenvalue weighted by atomic mass is 9.70. The van der Waals surface area contributed by atoms with Gasteiger partial charge in [-0.05, 0) is 37.0 Å². The van der Waals surface area contributed by atoms with Gasteiger partial charge in [0.05, 0.1) is 18.8 Å². The Bertz CT molecular complexity index is 629. The predicted molar refractivity (Wildman–Crippen MR) is 75.3 cm³/mol. The third kappa shape index (κ3) is 2.48.